The summed E-state index contributed by atoms with van der Waals surface area (Å²) in [6.07, 6.45) is -0.129. The Morgan fingerprint density at radius 1 is 1.23 bits per heavy atom. The molecular formula is C15H14F4N2O. The van der Waals surface area contributed by atoms with Crippen LogP contribution in [0.25, 0.3) is 0 Å². The molecule has 1 saturated carbocycles. The first kappa shape index (κ1) is 15.0. The average Bonchev–Trinajstić information content (AvgIpc) is 3.00. The Balaban J connectivity index is 1.79. The van der Waals surface area contributed by atoms with Gasteiger partial charge in [0.15, 0.2) is 0 Å². The predicted octanol–water partition coefficient (Wildman–Crippen LogP) is 2.93. The molecule has 7 heteroatoms. The van der Waals surface area contributed by atoms with E-state index in [1.54, 1.807) is 0 Å². The van der Waals surface area contributed by atoms with Gasteiger partial charge in [-0.1, -0.05) is 12.2 Å². The third-order valence-electron chi connectivity index (χ3n) is 4.36. The van der Waals surface area contributed by atoms with Crippen LogP contribution in [-0.2, 0) is 11.0 Å². The number of rotatable bonds is 2. The summed E-state index contributed by atoms with van der Waals surface area (Å²) in [5.41, 5.74) is 4.50. The van der Waals surface area contributed by atoms with Crippen molar-refractivity contribution in [3.8, 4) is 0 Å². The molecule has 3 nitrogen and oxygen atoms in total. The van der Waals surface area contributed by atoms with Gasteiger partial charge in [-0.05, 0) is 36.5 Å². The molecule has 1 amide bonds. The first-order valence-electron chi connectivity index (χ1n) is 6.89. The van der Waals surface area contributed by atoms with E-state index in [1.165, 1.54) is 0 Å². The summed E-state index contributed by atoms with van der Waals surface area (Å²) in [5.74, 6) is -2.11. The van der Waals surface area contributed by atoms with E-state index in [0.717, 1.165) is 12.5 Å². The van der Waals surface area contributed by atoms with E-state index in [1.807, 2.05) is 12.2 Å². The van der Waals surface area contributed by atoms with E-state index in [4.69, 9.17) is 5.73 Å². The Labute approximate surface area is 124 Å². The maximum atomic E-state index is 13.2. The molecule has 1 aromatic carbocycles. The van der Waals surface area contributed by atoms with Crippen LogP contribution in [-0.4, -0.2) is 11.9 Å². The van der Waals surface area contributed by atoms with Crippen molar-refractivity contribution in [3.05, 3.63) is 41.7 Å². The highest BCUT2D eigenvalue weighted by molar-refractivity contribution is 5.94. The number of allylic oxidation sites excluding steroid dienone is 1. The Morgan fingerprint density at radius 2 is 1.91 bits per heavy atom. The third kappa shape index (κ3) is 2.49. The fourth-order valence-corrected chi connectivity index (χ4v) is 3.28. The van der Waals surface area contributed by atoms with E-state index < -0.39 is 29.4 Å². The number of benzene rings is 1. The van der Waals surface area contributed by atoms with E-state index >= 15 is 0 Å². The number of hydrogen-bond acceptors (Lipinski definition) is 2. The lowest BCUT2D eigenvalue weighted by Gasteiger charge is -2.23. The van der Waals surface area contributed by atoms with Gasteiger partial charge in [0.05, 0.1) is 11.5 Å². The van der Waals surface area contributed by atoms with Crippen LogP contribution in [0, 0.1) is 23.6 Å². The van der Waals surface area contributed by atoms with Crippen molar-refractivity contribution in [2.45, 2.75) is 18.6 Å². The zero-order chi connectivity index (χ0) is 16.1. The number of nitrogens with one attached hydrogen (secondary N) is 1. The molecule has 3 N–H and O–H groups in total. The van der Waals surface area contributed by atoms with Crippen LogP contribution in [0.15, 0.2) is 30.4 Å². The lowest BCUT2D eigenvalue weighted by Crippen LogP contribution is -2.41. The fourth-order valence-electron chi connectivity index (χ4n) is 3.28. The molecule has 2 aliphatic rings. The molecule has 1 fully saturated rings. The molecule has 3 rings (SSSR count). The molecular weight excluding hydrogens is 300 g/mol. The van der Waals surface area contributed by atoms with Gasteiger partial charge in [-0.25, -0.2) is 4.39 Å². The minimum Gasteiger partial charge on any atom is -0.326 e. The molecule has 0 saturated heterocycles. The van der Waals surface area contributed by atoms with Gasteiger partial charge in [0.25, 0.3) is 0 Å². The number of carbonyl (C=O) groups excluding carboxylic acids is 1. The molecule has 4 unspecified atom stereocenters. The van der Waals surface area contributed by atoms with Crippen molar-refractivity contribution in [1.82, 2.24) is 0 Å². The molecule has 2 aliphatic carbocycles. The summed E-state index contributed by atoms with van der Waals surface area (Å²) in [7, 11) is 0. The molecule has 1 aromatic rings. The Morgan fingerprint density at radius 3 is 2.50 bits per heavy atom. The molecule has 0 aliphatic heterocycles. The fraction of sp³-hybridized carbons (Fsp3) is 0.400. The minimum atomic E-state index is -4.81. The van der Waals surface area contributed by atoms with Gasteiger partial charge in [0.1, 0.15) is 5.82 Å². The summed E-state index contributed by atoms with van der Waals surface area (Å²) in [4.78, 5) is 12.3. The summed E-state index contributed by atoms with van der Waals surface area (Å²) in [6.45, 7) is 0. The van der Waals surface area contributed by atoms with Crippen LogP contribution < -0.4 is 11.1 Å². The van der Waals surface area contributed by atoms with E-state index in [-0.39, 0.29) is 23.6 Å². The van der Waals surface area contributed by atoms with Crippen LogP contribution in [0.3, 0.4) is 0 Å². The van der Waals surface area contributed by atoms with Gasteiger partial charge in [-0.3, -0.25) is 4.79 Å². The SMILES string of the molecule is NC1C2C=CC(C2)C1C(=O)Nc1ccc(F)c(C(F)(F)F)c1. The van der Waals surface area contributed by atoms with Crippen molar-refractivity contribution in [1.29, 1.82) is 0 Å². The van der Waals surface area contributed by atoms with E-state index in [0.29, 0.717) is 12.1 Å². The van der Waals surface area contributed by atoms with Crippen molar-refractivity contribution in [3.63, 3.8) is 0 Å². The third-order valence-corrected chi connectivity index (χ3v) is 4.36. The van der Waals surface area contributed by atoms with E-state index in [9.17, 15) is 22.4 Å². The summed E-state index contributed by atoms with van der Waals surface area (Å²) in [5, 5.41) is 2.42. The zero-order valence-corrected chi connectivity index (χ0v) is 11.4. The Bertz CT molecular complexity index is 641. The molecule has 0 heterocycles. The van der Waals surface area contributed by atoms with Gasteiger partial charge in [-0.15, -0.1) is 0 Å². The van der Waals surface area contributed by atoms with E-state index in [2.05, 4.69) is 5.32 Å². The average molecular weight is 314 g/mol. The number of amides is 1. The summed E-state index contributed by atoms with van der Waals surface area (Å²) < 4.78 is 51.2. The second kappa shape index (κ2) is 5.08. The molecule has 2 bridgehead atoms. The number of anilines is 1. The predicted molar refractivity (Wildman–Crippen MR) is 72.2 cm³/mol. The van der Waals surface area contributed by atoms with Gasteiger partial charge in [0.2, 0.25) is 5.91 Å². The number of alkyl halides is 3. The second-order valence-electron chi connectivity index (χ2n) is 5.73. The summed E-state index contributed by atoms with van der Waals surface area (Å²) >= 11 is 0. The molecule has 0 aromatic heterocycles. The van der Waals surface area contributed by atoms with Gasteiger partial charge >= 0.3 is 6.18 Å². The quantitative estimate of drug-likeness (QED) is 0.651. The van der Waals surface area contributed by atoms with Crippen LogP contribution in [0.2, 0.25) is 0 Å². The standard InChI is InChI=1S/C15H14F4N2O/c16-11-4-3-9(6-10(11)15(17,18)19)21-14(22)12-7-1-2-8(5-7)13(12)20/h1-4,6-8,12-13H,5,20H2,(H,21,22). The highest BCUT2D eigenvalue weighted by Gasteiger charge is 2.46. The van der Waals surface area contributed by atoms with Crippen LogP contribution >= 0.6 is 0 Å². The first-order valence-corrected chi connectivity index (χ1v) is 6.89. The first-order chi connectivity index (χ1) is 10.3. The maximum Gasteiger partial charge on any atom is 0.419 e. The van der Waals surface area contributed by atoms with Gasteiger partial charge < -0.3 is 11.1 Å². The molecule has 22 heavy (non-hydrogen) atoms. The molecule has 0 spiro atoms. The lowest BCUT2D eigenvalue weighted by atomic mass is 9.88. The van der Waals surface area contributed by atoms with Gasteiger partial charge in [-0.2, -0.15) is 13.2 Å². The lowest BCUT2D eigenvalue weighted by molar-refractivity contribution is -0.140. The van der Waals surface area contributed by atoms with Crippen molar-refractivity contribution < 1.29 is 22.4 Å². The Hall–Kier alpha value is -1.89. The highest BCUT2D eigenvalue weighted by Crippen LogP contribution is 2.43. The number of nitrogens with two attached hydrogens (primary N) is 1. The molecule has 118 valence electrons. The number of fused-ring (bicyclic) bond motifs is 2. The van der Waals surface area contributed by atoms with Crippen LogP contribution in [0.5, 0.6) is 0 Å². The van der Waals surface area contributed by atoms with Crippen LogP contribution in [0.4, 0.5) is 23.2 Å². The topological polar surface area (TPSA) is 55.1 Å². The minimum absolute atomic E-state index is 0.0162. The number of hydrogen-bond donors (Lipinski definition) is 2. The van der Waals surface area contributed by atoms with Crippen molar-refractivity contribution in [2.24, 2.45) is 23.5 Å². The van der Waals surface area contributed by atoms with Gasteiger partial charge in [0, 0.05) is 11.7 Å². The monoisotopic (exact) mass is 314 g/mol. The maximum absolute atomic E-state index is 13.2. The smallest absolute Gasteiger partial charge is 0.326 e. The molecule has 4 atom stereocenters. The largest absolute Gasteiger partial charge is 0.419 e. The normalized spacial score (nSPS) is 29.9. The van der Waals surface area contributed by atoms with Crippen molar-refractivity contribution >= 4 is 11.6 Å². The highest BCUT2D eigenvalue weighted by atomic mass is 19.4. The number of halogens is 4. The zero-order valence-electron chi connectivity index (χ0n) is 11.4. The van der Waals surface area contributed by atoms with Crippen LogP contribution in [0.1, 0.15) is 12.0 Å². The second-order valence-corrected chi connectivity index (χ2v) is 5.73. The summed E-state index contributed by atoms with van der Waals surface area (Å²) in [6, 6.07) is 2.07. The molecule has 0 radical (unpaired) electrons. The van der Waals surface area contributed by atoms with Crippen molar-refractivity contribution in [2.75, 3.05) is 5.32 Å². The number of carbonyl (C=O) groups is 1. The Kier molecular flexibility index (Phi) is 3.47.